The summed E-state index contributed by atoms with van der Waals surface area (Å²) in [6.45, 7) is 4.73. The lowest BCUT2D eigenvalue weighted by Gasteiger charge is -2.37. The second-order valence-corrected chi connectivity index (χ2v) is 5.52. The maximum atomic E-state index is 12.3. The van der Waals surface area contributed by atoms with E-state index in [4.69, 9.17) is 4.74 Å². The van der Waals surface area contributed by atoms with E-state index in [2.05, 4.69) is 17.0 Å². The molecule has 6 nitrogen and oxygen atoms in total. The van der Waals surface area contributed by atoms with Crippen molar-refractivity contribution in [3.63, 3.8) is 0 Å². The standard InChI is InChI=1S/C16H21N3O3/c20-15(16(21)19-10-12-22-13-11-19)18-8-6-17(7-9-18)14-4-2-1-3-5-14/h1-5H,6-13H2. The van der Waals surface area contributed by atoms with Gasteiger partial charge in [-0.25, -0.2) is 0 Å². The minimum absolute atomic E-state index is 0.380. The summed E-state index contributed by atoms with van der Waals surface area (Å²) in [4.78, 5) is 30.0. The van der Waals surface area contributed by atoms with Gasteiger partial charge in [0.25, 0.3) is 0 Å². The van der Waals surface area contributed by atoms with Gasteiger partial charge in [0.15, 0.2) is 0 Å². The highest BCUT2D eigenvalue weighted by Gasteiger charge is 2.30. The van der Waals surface area contributed by atoms with E-state index < -0.39 is 5.91 Å². The predicted octanol–water partition coefficient (Wildman–Crippen LogP) is 0.194. The molecule has 0 radical (unpaired) electrons. The van der Waals surface area contributed by atoms with Gasteiger partial charge in [-0.3, -0.25) is 9.59 Å². The summed E-state index contributed by atoms with van der Waals surface area (Å²) in [5.74, 6) is -0.772. The van der Waals surface area contributed by atoms with Crippen LogP contribution in [0.4, 0.5) is 5.69 Å². The first kappa shape index (κ1) is 14.8. The van der Waals surface area contributed by atoms with Gasteiger partial charge in [-0.15, -0.1) is 0 Å². The highest BCUT2D eigenvalue weighted by atomic mass is 16.5. The molecule has 0 bridgehead atoms. The van der Waals surface area contributed by atoms with Crippen molar-refractivity contribution >= 4 is 17.5 Å². The second kappa shape index (κ2) is 6.79. The summed E-state index contributed by atoms with van der Waals surface area (Å²) < 4.78 is 5.21. The van der Waals surface area contributed by atoms with Crippen molar-refractivity contribution < 1.29 is 14.3 Å². The average Bonchev–Trinajstić information content (AvgIpc) is 2.62. The maximum absolute atomic E-state index is 12.3. The zero-order valence-electron chi connectivity index (χ0n) is 12.6. The Labute approximate surface area is 130 Å². The largest absolute Gasteiger partial charge is 0.378 e. The molecule has 1 aromatic carbocycles. The van der Waals surface area contributed by atoms with Gasteiger partial charge < -0.3 is 19.4 Å². The first-order valence-electron chi connectivity index (χ1n) is 7.71. The smallest absolute Gasteiger partial charge is 0.312 e. The number of carbonyl (C=O) groups is 2. The molecule has 0 unspecified atom stereocenters. The zero-order valence-corrected chi connectivity index (χ0v) is 12.6. The lowest BCUT2D eigenvalue weighted by atomic mass is 10.2. The predicted molar refractivity (Wildman–Crippen MR) is 82.6 cm³/mol. The molecule has 0 spiro atoms. The van der Waals surface area contributed by atoms with Crippen LogP contribution in [0.3, 0.4) is 0 Å². The minimum Gasteiger partial charge on any atom is -0.378 e. The van der Waals surface area contributed by atoms with Gasteiger partial charge in [-0.1, -0.05) is 18.2 Å². The molecule has 118 valence electrons. The summed E-state index contributed by atoms with van der Waals surface area (Å²) in [5, 5.41) is 0. The van der Waals surface area contributed by atoms with Gasteiger partial charge in [-0.05, 0) is 12.1 Å². The molecular formula is C16H21N3O3. The molecule has 2 saturated heterocycles. The highest BCUT2D eigenvalue weighted by Crippen LogP contribution is 2.15. The number of morpholine rings is 1. The van der Waals surface area contributed by atoms with E-state index in [0.29, 0.717) is 39.4 Å². The molecule has 0 aliphatic carbocycles. The van der Waals surface area contributed by atoms with Crippen LogP contribution in [0, 0.1) is 0 Å². The van der Waals surface area contributed by atoms with Crippen LogP contribution >= 0.6 is 0 Å². The van der Waals surface area contributed by atoms with Crippen molar-refractivity contribution in [2.45, 2.75) is 0 Å². The molecule has 22 heavy (non-hydrogen) atoms. The molecule has 2 aliphatic heterocycles. The molecule has 0 saturated carbocycles. The van der Waals surface area contributed by atoms with Crippen LogP contribution < -0.4 is 4.90 Å². The van der Waals surface area contributed by atoms with Crippen LogP contribution in [0.2, 0.25) is 0 Å². The first-order chi connectivity index (χ1) is 10.8. The van der Waals surface area contributed by atoms with Crippen LogP contribution in [0.25, 0.3) is 0 Å². The molecule has 2 heterocycles. The fourth-order valence-corrected chi connectivity index (χ4v) is 2.84. The fourth-order valence-electron chi connectivity index (χ4n) is 2.84. The third-order valence-corrected chi connectivity index (χ3v) is 4.17. The number of rotatable bonds is 1. The molecule has 0 atom stereocenters. The lowest BCUT2D eigenvalue weighted by Crippen LogP contribution is -2.54. The Morgan fingerprint density at radius 2 is 1.32 bits per heavy atom. The monoisotopic (exact) mass is 303 g/mol. The number of nitrogens with zero attached hydrogens (tertiary/aromatic N) is 3. The van der Waals surface area contributed by atoms with E-state index in [1.165, 1.54) is 0 Å². The molecular weight excluding hydrogens is 282 g/mol. The minimum atomic E-state index is -0.392. The van der Waals surface area contributed by atoms with Crippen molar-refractivity contribution in [2.75, 3.05) is 57.4 Å². The van der Waals surface area contributed by atoms with Crippen molar-refractivity contribution in [3.8, 4) is 0 Å². The van der Waals surface area contributed by atoms with Gasteiger partial charge >= 0.3 is 11.8 Å². The molecule has 6 heteroatoms. The normalized spacial score (nSPS) is 19.2. The number of carbonyl (C=O) groups excluding carboxylic acids is 2. The molecule has 3 rings (SSSR count). The molecule has 0 N–H and O–H groups in total. The van der Waals surface area contributed by atoms with Crippen molar-refractivity contribution in [2.24, 2.45) is 0 Å². The van der Waals surface area contributed by atoms with Gasteiger partial charge in [0.05, 0.1) is 13.2 Å². The van der Waals surface area contributed by atoms with Crippen LogP contribution in [0.15, 0.2) is 30.3 Å². The average molecular weight is 303 g/mol. The third kappa shape index (κ3) is 3.22. The third-order valence-electron chi connectivity index (χ3n) is 4.17. The number of benzene rings is 1. The first-order valence-corrected chi connectivity index (χ1v) is 7.71. The fraction of sp³-hybridized carbons (Fsp3) is 0.500. The second-order valence-electron chi connectivity index (χ2n) is 5.52. The Morgan fingerprint density at radius 3 is 1.91 bits per heavy atom. The van der Waals surface area contributed by atoms with Gasteiger partial charge in [0, 0.05) is 45.0 Å². The topological polar surface area (TPSA) is 53.1 Å². The molecule has 2 aliphatic rings. The van der Waals surface area contributed by atoms with E-state index in [9.17, 15) is 9.59 Å². The van der Waals surface area contributed by atoms with Crippen LogP contribution in [0.5, 0.6) is 0 Å². The maximum Gasteiger partial charge on any atom is 0.312 e. The Hall–Kier alpha value is -2.08. The molecule has 1 aromatic rings. The van der Waals surface area contributed by atoms with Crippen LogP contribution in [0.1, 0.15) is 0 Å². The number of amides is 2. The number of para-hydroxylation sites is 1. The Bertz CT molecular complexity index is 521. The summed E-state index contributed by atoms with van der Waals surface area (Å²) in [6.07, 6.45) is 0. The number of anilines is 1. The van der Waals surface area contributed by atoms with E-state index >= 15 is 0 Å². The summed E-state index contributed by atoms with van der Waals surface area (Å²) in [6, 6.07) is 10.1. The lowest BCUT2D eigenvalue weighted by molar-refractivity contribution is -0.154. The summed E-state index contributed by atoms with van der Waals surface area (Å²) in [7, 11) is 0. The van der Waals surface area contributed by atoms with E-state index in [0.717, 1.165) is 18.8 Å². The summed E-state index contributed by atoms with van der Waals surface area (Å²) >= 11 is 0. The Kier molecular flexibility index (Phi) is 4.58. The zero-order chi connectivity index (χ0) is 15.4. The van der Waals surface area contributed by atoms with Crippen molar-refractivity contribution in [1.82, 2.24) is 9.80 Å². The van der Waals surface area contributed by atoms with Gasteiger partial charge in [-0.2, -0.15) is 0 Å². The van der Waals surface area contributed by atoms with Crippen LogP contribution in [-0.2, 0) is 14.3 Å². The van der Waals surface area contributed by atoms with Crippen molar-refractivity contribution in [1.29, 1.82) is 0 Å². The highest BCUT2D eigenvalue weighted by molar-refractivity contribution is 6.34. The summed E-state index contributed by atoms with van der Waals surface area (Å²) in [5.41, 5.74) is 1.16. The van der Waals surface area contributed by atoms with Crippen LogP contribution in [-0.4, -0.2) is 74.1 Å². The SMILES string of the molecule is O=C(C(=O)N1CCN(c2ccccc2)CC1)N1CCOCC1. The quantitative estimate of drug-likeness (QED) is 0.695. The number of hydrogen-bond acceptors (Lipinski definition) is 4. The van der Waals surface area contributed by atoms with Gasteiger partial charge in [0.1, 0.15) is 0 Å². The molecule has 2 amide bonds. The Morgan fingerprint density at radius 1 is 0.773 bits per heavy atom. The van der Waals surface area contributed by atoms with E-state index in [1.54, 1.807) is 9.80 Å². The molecule has 0 aromatic heterocycles. The van der Waals surface area contributed by atoms with E-state index in [-0.39, 0.29) is 5.91 Å². The van der Waals surface area contributed by atoms with E-state index in [1.807, 2.05) is 18.2 Å². The number of hydrogen-bond donors (Lipinski definition) is 0. The van der Waals surface area contributed by atoms with Gasteiger partial charge in [0.2, 0.25) is 0 Å². The Balaban J connectivity index is 1.54. The number of ether oxygens (including phenoxy) is 1. The number of piperazine rings is 1. The molecule has 2 fully saturated rings. The van der Waals surface area contributed by atoms with Crippen molar-refractivity contribution in [3.05, 3.63) is 30.3 Å².